The van der Waals surface area contributed by atoms with E-state index in [0.29, 0.717) is 18.8 Å². The highest BCUT2D eigenvalue weighted by molar-refractivity contribution is 6.32. The van der Waals surface area contributed by atoms with Gasteiger partial charge in [-0.15, -0.1) is 0 Å². The molecule has 0 saturated carbocycles. The van der Waals surface area contributed by atoms with E-state index in [1.807, 2.05) is 35.0 Å². The summed E-state index contributed by atoms with van der Waals surface area (Å²) in [5.41, 5.74) is 1.26. The van der Waals surface area contributed by atoms with E-state index in [1.54, 1.807) is 12.5 Å². The van der Waals surface area contributed by atoms with Gasteiger partial charge in [-0.2, -0.15) is 10.2 Å². The van der Waals surface area contributed by atoms with Crippen LogP contribution in [0.25, 0.3) is 0 Å². The number of rotatable bonds is 4. The Morgan fingerprint density at radius 2 is 2.08 bits per heavy atom. The molecule has 1 unspecified atom stereocenters. The average molecular weight is 357 g/mol. The van der Waals surface area contributed by atoms with Crippen LogP contribution in [-0.4, -0.2) is 30.6 Å². The predicted molar refractivity (Wildman–Crippen MR) is 94.8 cm³/mol. The molecule has 3 heterocycles. The first-order valence-electron chi connectivity index (χ1n) is 8.13. The maximum absolute atomic E-state index is 12.5. The summed E-state index contributed by atoms with van der Waals surface area (Å²) in [6, 6.07) is 9.83. The molecule has 0 radical (unpaired) electrons. The lowest BCUT2D eigenvalue weighted by atomic mass is 10.1. The van der Waals surface area contributed by atoms with Crippen molar-refractivity contribution in [2.75, 3.05) is 5.32 Å². The minimum Gasteiger partial charge on any atom is -0.378 e. The molecular weight excluding hydrogens is 340 g/mol. The van der Waals surface area contributed by atoms with Gasteiger partial charge in [0.2, 0.25) is 0 Å². The molecule has 7 nitrogen and oxygen atoms in total. The first kappa shape index (κ1) is 15.8. The molecule has 8 heteroatoms. The van der Waals surface area contributed by atoms with Gasteiger partial charge in [0.15, 0.2) is 0 Å². The molecule has 0 bridgehead atoms. The minimum absolute atomic E-state index is 0.137. The molecule has 1 aliphatic rings. The molecule has 0 aliphatic carbocycles. The van der Waals surface area contributed by atoms with Gasteiger partial charge >= 0.3 is 0 Å². The van der Waals surface area contributed by atoms with Crippen LogP contribution in [0, 0.1) is 0 Å². The van der Waals surface area contributed by atoms with E-state index in [-0.39, 0.29) is 16.6 Å². The van der Waals surface area contributed by atoms with Crippen molar-refractivity contribution in [1.82, 2.24) is 24.5 Å². The van der Waals surface area contributed by atoms with Crippen molar-refractivity contribution in [3.8, 4) is 0 Å². The average Bonchev–Trinajstić information content (AvgIpc) is 3.10. The Balaban J connectivity index is 1.52. The van der Waals surface area contributed by atoms with E-state index in [9.17, 15) is 4.79 Å². The molecule has 4 rings (SSSR count). The lowest BCUT2D eigenvalue weighted by molar-refractivity contribution is 0.441. The lowest BCUT2D eigenvalue weighted by Gasteiger charge is -2.24. The molecule has 1 N–H and O–H groups in total. The Hall–Kier alpha value is -2.67. The van der Waals surface area contributed by atoms with Crippen molar-refractivity contribution >= 4 is 17.3 Å². The Kier molecular flexibility index (Phi) is 4.23. The Labute approximate surface area is 149 Å². The van der Waals surface area contributed by atoms with Crippen LogP contribution in [0.5, 0.6) is 0 Å². The molecule has 0 saturated heterocycles. The maximum Gasteiger partial charge on any atom is 0.287 e. The molecule has 0 amide bonds. The third-order valence-corrected chi connectivity index (χ3v) is 4.69. The number of benzene rings is 1. The van der Waals surface area contributed by atoms with E-state index in [2.05, 4.69) is 20.5 Å². The zero-order valence-corrected chi connectivity index (χ0v) is 14.2. The standard InChI is InChI=1S/C17H17ClN6O/c18-16-14(22-13-6-7-15-19-11-21-23(15)10-13)8-20-24(17(16)25)9-12-4-2-1-3-5-12/h1-5,8,11,13,22H,6-7,9-10H2. The highest BCUT2D eigenvalue weighted by Crippen LogP contribution is 2.21. The summed E-state index contributed by atoms with van der Waals surface area (Å²) in [4.78, 5) is 16.7. The molecule has 3 aromatic rings. The van der Waals surface area contributed by atoms with Crippen LogP contribution in [-0.2, 0) is 19.5 Å². The van der Waals surface area contributed by atoms with Crippen molar-refractivity contribution in [2.24, 2.45) is 0 Å². The van der Waals surface area contributed by atoms with Gasteiger partial charge in [-0.25, -0.2) is 14.3 Å². The molecule has 1 atom stereocenters. The summed E-state index contributed by atoms with van der Waals surface area (Å²) < 4.78 is 3.25. The summed E-state index contributed by atoms with van der Waals surface area (Å²) >= 11 is 6.29. The molecule has 1 aliphatic heterocycles. The summed E-state index contributed by atoms with van der Waals surface area (Å²) in [6.45, 7) is 1.09. The quantitative estimate of drug-likeness (QED) is 0.773. The highest BCUT2D eigenvalue weighted by Gasteiger charge is 2.21. The van der Waals surface area contributed by atoms with Crippen molar-refractivity contribution in [2.45, 2.75) is 32.0 Å². The van der Waals surface area contributed by atoms with E-state index in [1.165, 1.54) is 4.68 Å². The number of anilines is 1. The van der Waals surface area contributed by atoms with Crippen LogP contribution in [0.4, 0.5) is 5.69 Å². The second-order valence-electron chi connectivity index (χ2n) is 6.06. The van der Waals surface area contributed by atoms with E-state index in [4.69, 9.17) is 11.6 Å². The first-order chi connectivity index (χ1) is 12.2. The second-order valence-corrected chi connectivity index (χ2v) is 6.44. The minimum atomic E-state index is -0.298. The molecule has 2 aromatic heterocycles. The van der Waals surface area contributed by atoms with Gasteiger partial charge in [-0.3, -0.25) is 4.79 Å². The van der Waals surface area contributed by atoms with Crippen LogP contribution in [0.15, 0.2) is 47.7 Å². The molecule has 0 spiro atoms. The fraction of sp³-hybridized carbons (Fsp3) is 0.294. The first-order valence-corrected chi connectivity index (χ1v) is 8.51. The molecular formula is C17H17ClN6O. The highest BCUT2D eigenvalue weighted by atomic mass is 35.5. The number of aromatic nitrogens is 5. The fourth-order valence-electron chi connectivity index (χ4n) is 3.01. The van der Waals surface area contributed by atoms with Crippen LogP contribution in [0.1, 0.15) is 17.8 Å². The number of aryl methyl sites for hydroxylation is 1. The number of nitrogens with zero attached hydrogens (tertiary/aromatic N) is 5. The molecule has 0 fully saturated rings. The number of hydrogen-bond donors (Lipinski definition) is 1. The van der Waals surface area contributed by atoms with Crippen LogP contribution in [0.2, 0.25) is 5.02 Å². The second kappa shape index (κ2) is 6.68. The summed E-state index contributed by atoms with van der Waals surface area (Å²) in [5.74, 6) is 0.987. The molecule has 128 valence electrons. The van der Waals surface area contributed by atoms with Gasteiger partial charge in [0.05, 0.1) is 25.0 Å². The molecule has 1 aromatic carbocycles. The summed E-state index contributed by atoms with van der Waals surface area (Å²) in [7, 11) is 0. The van der Waals surface area contributed by atoms with Gasteiger partial charge in [0.1, 0.15) is 17.2 Å². The Morgan fingerprint density at radius 1 is 1.24 bits per heavy atom. The molecule has 25 heavy (non-hydrogen) atoms. The zero-order valence-electron chi connectivity index (χ0n) is 13.5. The monoisotopic (exact) mass is 356 g/mol. The van der Waals surface area contributed by atoms with Gasteiger partial charge in [0, 0.05) is 12.5 Å². The van der Waals surface area contributed by atoms with E-state index in [0.717, 1.165) is 24.2 Å². The van der Waals surface area contributed by atoms with Crippen LogP contribution < -0.4 is 10.9 Å². The number of halogens is 1. The Morgan fingerprint density at radius 3 is 2.92 bits per heavy atom. The van der Waals surface area contributed by atoms with Crippen molar-refractivity contribution in [1.29, 1.82) is 0 Å². The topological polar surface area (TPSA) is 77.6 Å². The lowest BCUT2D eigenvalue weighted by Crippen LogP contribution is -2.33. The summed E-state index contributed by atoms with van der Waals surface area (Å²) in [5, 5.41) is 11.9. The van der Waals surface area contributed by atoms with Gasteiger partial charge in [-0.1, -0.05) is 41.9 Å². The van der Waals surface area contributed by atoms with Crippen LogP contribution in [0.3, 0.4) is 0 Å². The normalized spacial score (nSPS) is 16.4. The third kappa shape index (κ3) is 3.28. The largest absolute Gasteiger partial charge is 0.378 e. The van der Waals surface area contributed by atoms with Crippen molar-refractivity contribution < 1.29 is 0 Å². The zero-order chi connectivity index (χ0) is 17.2. The number of hydrogen-bond acceptors (Lipinski definition) is 5. The SMILES string of the molecule is O=c1c(Cl)c(NC2CCc3ncnn3C2)cnn1Cc1ccccc1. The smallest absolute Gasteiger partial charge is 0.287 e. The van der Waals surface area contributed by atoms with Gasteiger partial charge in [-0.05, 0) is 12.0 Å². The number of nitrogens with one attached hydrogen (secondary N) is 1. The van der Waals surface area contributed by atoms with Crippen LogP contribution >= 0.6 is 11.6 Å². The third-order valence-electron chi connectivity index (χ3n) is 4.33. The Bertz CT molecular complexity index is 936. The van der Waals surface area contributed by atoms with E-state index < -0.39 is 0 Å². The van der Waals surface area contributed by atoms with Gasteiger partial charge < -0.3 is 5.32 Å². The number of fused-ring (bicyclic) bond motifs is 1. The maximum atomic E-state index is 12.5. The predicted octanol–water partition coefficient (Wildman–Crippen LogP) is 1.96. The summed E-state index contributed by atoms with van der Waals surface area (Å²) in [6.07, 6.45) is 4.93. The van der Waals surface area contributed by atoms with Gasteiger partial charge in [0.25, 0.3) is 5.56 Å². The van der Waals surface area contributed by atoms with Crippen molar-refractivity contribution in [3.05, 3.63) is 69.6 Å². The van der Waals surface area contributed by atoms with E-state index >= 15 is 0 Å². The fourth-order valence-corrected chi connectivity index (χ4v) is 3.21. The van der Waals surface area contributed by atoms with Crippen molar-refractivity contribution in [3.63, 3.8) is 0 Å².